The maximum Gasteiger partial charge on any atom is 0.274 e. The van der Waals surface area contributed by atoms with Crippen LogP contribution in [0.3, 0.4) is 0 Å². The fraction of sp³-hybridized carbons (Fsp3) is 0.435. The van der Waals surface area contributed by atoms with E-state index in [4.69, 9.17) is 4.98 Å². The molecule has 0 radical (unpaired) electrons. The molecule has 2 aliphatic heterocycles. The Bertz CT molecular complexity index is 1120. The summed E-state index contributed by atoms with van der Waals surface area (Å²) in [7, 11) is 2.15. The van der Waals surface area contributed by atoms with Crippen LogP contribution in [0, 0.1) is 6.92 Å². The van der Waals surface area contributed by atoms with Crippen molar-refractivity contribution >= 4 is 28.7 Å². The van der Waals surface area contributed by atoms with Crippen LogP contribution in [-0.2, 0) is 0 Å². The Kier molecular flexibility index (Phi) is 5.57. The number of carbonyl (C=O) groups excluding carboxylic acids is 1. The lowest BCUT2D eigenvalue weighted by Crippen LogP contribution is -2.49. The number of benzene rings is 1. The first-order chi connectivity index (χ1) is 15.6. The zero-order valence-corrected chi connectivity index (χ0v) is 18.6. The monoisotopic (exact) mass is 432 g/mol. The minimum Gasteiger partial charge on any atom is -0.354 e. The molecule has 4 heterocycles. The molecule has 2 aliphatic rings. The molecule has 2 saturated heterocycles. The lowest BCUT2D eigenvalue weighted by Gasteiger charge is -2.36. The van der Waals surface area contributed by atoms with Crippen molar-refractivity contribution in [3.8, 4) is 0 Å². The molecule has 3 aromatic rings. The summed E-state index contributed by atoms with van der Waals surface area (Å²) in [6.45, 7) is 8.64. The molecule has 9 nitrogen and oxygen atoms in total. The van der Waals surface area contributed by atoms with E-state index in [1.54, 1.807) is 6.20 Å². The summed E-state index contributed by atoms with van der Waals surface area (Å²) in [5, 5.41) is 0. The largest absolute Gasteiger partial charge is 0.354 e. The summed E-state index contributed by atoms with van der Waals surface area (Å²) in [6.07, 6.45) is 1.57. The van der Waals surface area contributed by atoms with Crippen LogP contribution in [0.4, 0.5) is 11.8 Å². The molecule has 2 aromatic heterocycles. The maximum atomic E-state index is 13.0. The smallest absolute Gasteiger partial charge is 0.274 e. The third-order valence-corrected chi connectivity index (χ3v) is 6.17. The Morgan fingerprint density at radius 1 is 0.844 bits per heavy atom. The van der Waals surface area contributed by atoms with Crippen LogP contribution in [0.1, 0.15) is 16.2 Å². The first kappa shape index (κ1) is 20.6. The van der Waals surface area contributed by atoms with Crippen molar-refractivity contribution in [1.29, 1.82) is 0 Å². The van der Waals surface area contributed by atoms with E-state index in [0.29, 0.717) is 31.9 Å². The van der Waals surface area contributed by atoms with Gasteiger partial charge in [-0.25, -0.2) is 9.97 Å². The zero-order chi connectivity index (χ0) is 22.1. The molecule has 2 fully saturated rings. The van der Waals surface area contributed by atoms with Crippen LogP contribution in [0.2, 0.25) is 0 Å². The van der Waals surface area contributed by atoms with Crippen molar-refractivity contribution in [2.75, 3.05) is 69.2 Å². The number of aromatic nitrogens is 4. The average Bonchev–Trinajstić information content (AvgIpc) is 2.83. The molecule has 0 N–H and O–H groups in total. The molecule has 32 heavy (non-hydrogen) atoms. The second-order valence-corrected chi connectivity index (χ2v) is 8.48. The van der Waals surface area contributed by atoms with Gasteiger partial charge in [0, 0.05) is 64.1 Å². The van der Waals surface area contributed by atoms with E-state index in [1.165, 1.54) is 0 Å². The Balaban J connectivity index is 1.26. The summed E-state index contributed by atoms with van der Waals surface area (Å²) in [5.41, 5.74) is 2.89. The Labute approximate surface area is 187 Å². The molecule has 0 aliphatic carbocycles. The van der Waals surface area contributed by atoms with Gasteiger partial charge < -0.3 is 19.6 Å². The van der Waals surface area contributed by atoms with Gasteiger partial charge >= 0.3 is 0 Å². The number of carbonyl (C=O) groups is 1. The molecule has 0 saturated carbocycles. The summed E-state index contributed by atoms with van der Waals surface area (Å²) < 4.78 is 0. The van der Waals surface area contributed by atoms with Gasteiger partial charge in [0.05, 0.1) is 17.2 Å². The number of hydrogen-bond acceptors (Lipinski definition) is 8. The molecule has 0 spiro atoms. The van der Waals surface area contributed by atoms with Gasteiger partial charge in [0.15, 0.2) is 0 Å². The molecular formula is C23H28N8O. The SMILES string of the molecule is Cc1cc(N2CCN(C)CC2)nc(N2CCN(C(=O)c3cnc4ccccc4n3)CC2)n1. The molecule has 1 amide bonds. The van der Waals surface area contributed by atoms with Gasteiger partial charge in [-0.05, 0) is 26.1 Å². The third-order valence-electron chi connectivity index (χ3n) is 6.17. The van der Waals surface area contributed by atoms with Crippen molar-refractivity contribution in [1.82, 2.24) is 29.7 Å². The predicted octanol–water partition coefficient (Wildman–Crippen LogP) is 1.44. The lowest BCUT2D eigenvalue weighted by atomic mass is 10.2. The summed E-state index contributed by atoms with van der Waals surface area (Å²) >= 11 is 0. The van der Waals surface area contributed by atoms with Gasteiger partial charge in [0.25, 0.3) is 5.91 Å². The van der Waals surface area contributed by atoms with Crippen LogP contribution >= 0.6 is 0 Å². The predicted molar refractivity (Wildman–Crippen MR) is 124 cm³/mol. The highest BCUT2D eigenvalue weighted by Gasteiger charge is 2.26. The summed E-state index contributed by atoms with van der Waals surface area (Å²) in [5.74, 6) is 1.66. The van der Waals surface area contributed by atoms with Crippen LogP contribution in [-0.4, -0.2) is 95.0 Å². The number of rotatable bonds is 3. The van der Waals surface area contributed by atoms with Gasteiger partial charge in [0.2, 0.25) is 5.95 Å². The van der Waals surface area contributed by atoms with E-state index >= 15 is 0 Å². The first-order valence-corrected chi connectivity index (χ1v) is 11.1. The fourth-order valence-corrected chi connectivity index (χ4v) is 4.21. The highest BCUT2D eigenvalue weighted by Crippen LogP contribution is 2.20. The number of aryl methyl sites for hydroxylation is 1. The van der Waals surface area contributed by atoms with Crippen LogP contribution in [0.5, 0.6) is 0 Å². The number of anilines is 2. The molecule has 0 atom stereocenters. The lowest BCUT2D eigenvalue weighted by molar-refractivity contribution is 0.0740. The molecular weight excluding hydrogens is 404 g/mol. The zero-order valence-electron chi connectivity index (χ0n) is 18.6. The quantitative estimate of drug-likeness (QED) is 0.615. The van der Waals surface area contributed by atoms with Gasteiger partial charge in [0.1, 0.15) is 11.5 Å². The molecule has 0 unspecified atom stereocenters. The maximum absolute atomic E-state index is 13.0. The second kappa shape index (κ2) is 8.66. The van der Waals surface area contributed by atoms with Crippen LogP contribution in [0.15, 0.2) is 36.5 Å². The number of nitrogens with zero attached hydrogens (tertiary/aromatic N) is 8. The topological polar surface area (TPSA) is 81.6 Å². The highest BCUT2D eigenvalue weighted by atomic mass is 16.2. The van der Waals surface area contributed by atoms with E-state index in [0.717, 1.165) is 54.7 Å². The van der Waals surface area contributed by atoms with Crippen LogP contribution < -0.4 is 9.80 Å². The van der Waals surface area contributed by atoms with Gasteiger partial charge in [-0.15, -0.1) is 0 Å². The molecule has 166 valence electrons. The number of fused-ring (bicyclic) bond motifs is 1. The minimum absolute atomic E-state index is 0.0776. The Hall–Kier alpha value is -3.33. The Morgan fingerprint density at radius 3 is 2.28 bits per heavy atom. The highest BCUT2D eigenvalue weighted by molar-refractivity contribution is 5.94. The number of para-hydroxylation sites is 2. The molecule has 9 heteroatoms. The molecule has 5 rings (SSSR count). The van der Waals surface area contributed by atoms with Crippen molar-refractivity contribution < 1.29 is 4.79 Å². The number of piperazine rings is 2. The van der Waals surface area contributed by atoms with E-state index in [1.807, 2.05) is 36.1 Å². The normalized spacial score (nSPS) is 17.8. The molecule has 1 aromatic carbocycles. The minimum atomic E-state index is -0.0776. The van der Waals surface area contributed by atoms with Gasteiger partial charge in [-0.1, -0.05) is 12.1 Å². The van der Waals surface area contributed by atoms with E-state index in [-0.39, 0.29) is 5.91 Å². The van der Waals surface area contributed by atoms with Crippen LogP contribution in [0.25, 0.3) is 11.0 Å². The fourth-order valence-electron chi connectivity index (χ4n) is 4.21. The van der Waals surface area contributed by atoms with Gasteiger partial charge in [-0.2, -0.15) is 4.98 Å². The number of amides is 1. The van der Waals surface area contributed by atoms with Gasteiger partial charge in [-0.3, -0.25) is 9.78 Å². The average molecular weight is 433 g/mol. The van der Waals surface area contributed by atoms with Crippen molar-refractivity contribution in [2.24, 2.45) is 0 Å². The Morgan fingerprint density at radius 2 is 1.53 bits per heavy atom. The van der Waals surface area contributed by atoms with E-state index in [2.05, 4.69) is 42.8 Å². The summed E-state index contributed by atoms with van der Waals surface area (Å²) in [6, 6.07) is 9.66. The van der Waals surface area contributed by atoms with E-state index < -0.39 is 0 Å². The standard InChI is InChI=1S/C23H28N8O/c1-17-15-21(29-9-7-28(2)8-10-29)27-23(25-17)31-13-11-30(12-14-31)22(32)20-16-24-18-5-3-4-6-19(18)26-20/h3-6,15-16H,7-14H2,1-2H3. The number of likely N-dealkylation sites (N-methyl/N-ethyl adjacent to an activating group) is 1. The summed E-state index contributed by atoms with van der Waals surface area (Å²) in [4.78, 5) is 40.1. The second-order valence-electron chi connectivity index (χ2n) is 8.48. The third kappa shape index (κ3) is 4.20. The van der Waals surface area contributed by atoms with E-state index in [9.17, 15) is 4.79 Å². The van der Waals surface area contributed by atoms with Crippen molar-refractivity contribution in [2.45, 2.75) is 6.92 Å². The van der Waals surface area contributed by atoms with Crippen molar-refractivity contribution in [3.63, 3.8) is 0 Å². The molecule has 0 bridgehead atoms. The van der Waals surface area contributed by atoms with Crippen molar-refractivity contribution in [3.05, 3.63) is 47.9 Å². The number of hydrogen-bond donors (Lipinski definition) is 0. The first-order valence-electron chi connectivity index (χ1n) is 11.1.